The highest BCUT2D eigenvalue weighted by Crippen LogP contribution is 2.27. The van der Waals surface area contributed by atoms with Gasteiger partial charge in [0.1, 0.15) is 12.4 Å². The molecule has 2 nitrogen and oxygen atoms in total. The molecule has 0 amide bonds. The molecule has 0 radical (unpaired) electrons. The molecule has 1 unspecified atom stereocenters. The third-order valence-corrected chi connectivity index (χ3v) is 3.52. The van der Waals surface area contributed by atoms with Crippen molar-refractivity contribution in [3.05, 3.63) is 29.8 Å². The van der Waals surface area contributed by atoms with Crippen molar-refractivity contribution in [2.45, 2.75) is 25.3 Å². The Morgan fingerprint density at radius 1 is 1.13 bits per heavy atom. The van der Waals surface area contributed by atoms with Crippen molar-refractivity contribution in [2.24, 2.45) is 0 Å². The summed E-state index contributed by atoms with van der Waals surface area (Å²) in [6, 6.07) is 9.04. The number of ether oxygens (including phenoxy) is 1. The van der Waals surface area contributed by atoms with Gasteiger partial charge in [-0.15, -0.1) is 0 Å². The molecule has 0 N–H and O–H groups in total. The van der Waals surface area contributed by atoms with Crippen molar-refractivity contribution < 1.29 is 4.74 Å². The molecule has 0 bridgehead atoms. The second-order valence-corrected chi connectivity index (χ2v) is 4.52. The standard InChI is InChI=1S/C13H17NO/c1-2-6-13-11(5-1)9-12(10-15-13)14-7-3-4-8-14/h1-2,5-6,12H,3-4,7-10H2. The molecule has 2 aliphatic heterocycles. The van der Waals surface area contributed by atoms with Gasteiger partial charge < -0.3 is 4.74 Å². The van der Waals surface area contributed by atoms with Gasteiger partial charge in [0.2, 0.25) is 0 Å². The Hall–Kier alpha value is -1.02. The van der Waals surface area contributed by atoms with Gasteiger partial charge in [-0.05, 0) is 44.0 Å². The SMILES string of the molecule is c1ccc2c(c1)CC(N1CCCC1)CO2. The van der Waals surface area contributed by atoms with E-state index in [1.165, 1.54) is 31.5 Å². The maximum atomic E-state index is 5.81. The average Bonchev–Trinajstić information content (AvgIpc) is 2.82. The first-order chi connectivity index (χ1) is 7.43. The minimum Gasteiger partial charge on any atom is -0.492 e. The Bertz CT molecular complexity index is 344. The van der Waals surface area contributed by atoms with Crippen LogP contribution < -0.4 is 4.74 Å². The van der Waals surface area contributed by atoms with Gasteiger partial charge in [-0.2, -0.15) is 0 Å². The molecule has 1 aromatic rings. The van der Waals surface area contributed by atoms with E-state index in [-0.39, 0.29) is 0 Å². The maximum absolute atomic E-state index is 5.81. The highest BCUT2D eigenvalue weighted by Gasteiger charge is 2.26. The molecule has 3 rings (SSSR count). The van der Waals surface area contributed by atoms with E-state index in [1.54, 1.807) is 0 Å². The first-order valence-electron chi connectivity index (χ1n) is 5.88. The van der Waals surface area contributed by atoms with Gasteiger partial charge in [0.05, 0.1) is 0 Å². The van der Waals surface area contributed by atoms with Crippen LogP contribution in [0.2, 0.25) is 0 Å². The highest BCUT2D eigenvalue weighted by atomic mass is 16.5. The molecule has 1 fully saturated rings. The van der Waals surface area contributed by atoms with Crippen molar-refractivity contribution in [1.29, 1.82) is 0 Å². The van der Waals surface area contributed by atoms with E-state index in [2.05, 4.69) is 29.2 Å². The Labute approximate surface area is 90.8 Å². The summed E-state index contributed by atoms with van der Waals surface area (Å²) in [6.45, 7) is 3.39. The molecule has 0 aromatic heterocycles. The number of likely N-dealkylation sites (tertiary alicyclic amines) is 1. The predicted molar refractivity (Wildman–Crippen MR) is 60.2 cm³/mol. The molecule has 80 valence electrons. The first kappa shape index (κ1) is 9.22. The lowest BCUT2D eigenvalue weighted by atomic mass is 10.0. The monoisotopic (exact) mass is 203 g/mol. The van der Waals surface area contributed by atoms with E-state index in [1.807, 2.05) is 0 Å². The Kier molecular flexibility index (Phi) is 2.37. The molecule has 15 heavy (non-hydrogen) atoms. The van der Waals surface area contributed by atoms with Crippen molar-refractivity contribution in [3.8, 4) is 5.75 Å². The van der Waals surface area contributed by atoms with Gasteiger partial charge in [-0.25, -0.2) is 0 Å². The minimum atomic E-state index is 0.613. The van der Waals surface area contributed by atoms with Crippen LogP contribution in [0.3, 0.4) is 0 Å². The fraction of sp³-hybridized carbons (Fsp3) is 0.538. The average molecular weight is 203 g/mol. The summed E-state index contributed by atoms with van der Waals surface area (Å²) >= 11 is 0. The second-order valence-electron chi connectivity index (χ2n) is 4.52. The van der Waals surface area contributed by atoms with Crippen molar-refractivity contribution in [1.82, 2.24) is 4.90 Å². The van der Waals surface area contributed by atoms with Crippen LogP contribution in [0.15, 0.2) is 24.3 Å². The quantitative estimate of drug-likeness (QED) is 0.693. The molecule has 0 spiro atoms. The zero-order chi connectivity index (χ0) is 10.1. The molecule has 2 heterocycles. The molecule has 1 atom stereocenters. The van der Waals surface area contributed by atoms with Gasteiger partial charge in [-0.1, -0.05) is 18.2 Å². The van der Waals surface area contributed by atoms with Crippen LogP contribution in [-0.4, -0.2) is 30.6 Å². The first-order valence-corrected chi connectivity index (χ1v) is 5.88. The van der Waals surface area contributed by atoms with Crippen LogP contribution in [0.4, 0.5) is 0 Å². The molecule has 0 saturated carbocycles. The lowest BCUT2D eigenvalue weighted by Gasteiger charge is -2.32. The van der Waals surface area contributed by atoms with E-state index in [4.69, 9.17) is 4.74 Å². The third-order valence-electron chi connectivity index (χ3n) is 3.52. The van der Waals surface area contributed by atoms with Crippen LogP contribution in [0, 0.1) is 0 Å². The smallest absolute Gasteiger partial charge is 0.122 e. The number of fused-ring (bicyclic) bond motifs is 1. The maximum Gasteiger partial charge on any atom is 0.122 e. The Balaban J connectivity index is 1.76. The summed E-state index contributed by atoms with van der Waals surface area (Å²) in [5.74, 6) is 1.09. The van der Waals surface area contributed by atoms with E-state index in [9.17, 15) is 0 Å². The molecular weight excluding hydrogens is 186 g/mol. The number of hydrogen-bond acceptors (Lipinski definition) is 2. The van der Waals surface area contributed by atoms with Crippen LogP contribution in [0.1, 0.15) is 18.4 Å². The number of rotatable bonds is 1. The molecule has 2 aliphatic rings. The van der Waals surface area contributed by atoms with Crippen molar-refractivity contribution >= 4 is 0 Å². The molecule has 0 aliphatic carbocycles. The molecule has 2 heteroatoms. The molecule has 1 aromatic carbocycles. The third kappa shape index (κ3) is 1.74. The zero-order valence-corrected chi connectivity index (χ0v) is 8.98. The van der Waals surface area contributed by atoms with E-state index < -0.39 is 0 Å². The summed E-state index contributed by atoms with van der Waals surface area (Å²) in [5.41, 5.74) is 1.38. The Morgan fingerprint density at radius 3 is 2.80 bits per heavy atom. The van der Waals surface area contributed by atoms with Gasteiger partial charge >= 0.3 is 0 Å². The number of hydrogen-bond donors (Lipinski definition) is 0. The lowest BCUT2D eigenvalue weighted by molar-refractivity contribution is 0.142. The zero-order valence-electron chi connectivity index (χ0n) is 8.98. The number of nitrogens with zero attached hydrogens (tertiary/aromatic N) is 1. The summed E-state index contributed by atoms with van der Waals surface area (Å²) in [7, 11) is 0. The van der Waals surface area contributed by atoms with Gasteiger partial charge in [-0.3, -0.25) is 4.90 Å². The summed E-state index contributed by atoms with van der Waals surface area (Å²) in [6.07, 6.45) is 3.88. The normalized spacial score (nSPS) is 26.0. The van der Waals surface area contributed by atoms with Crippen molar-refractivity contribution in [3.63, 3.8) is 0 Å². The van der Waals surface area contributed by atoms with Crippen LogP contribution in [0.5, 0.6) is 5.75 Å². The van der Waals surface area contributed by atoms with Crippen molar-refractivity contribution in [2.75, 3.05) is 19.7 Å². The number of benzene rings is 1. The predicted octanol–water partition coefficient (Wildman–Crippen LogP) is 2.09. The fourth-order valence-electron chi connectivity index (χ4n) is 2.65. The van der Waals surface area contributed by atoms with E-state index in [0.29, 0.717) is 6.04 Å². The van der Waals surface area contributed by atoms with Gasteiger partial charge in [0.15, 0.2) is 0 Å². The van der Waals surface area contributed by atoms with Gasteiger partial charge in [0, 0.05) is 6.04 Å². The lowest BCUT2D eigenvalue weighted by Crippen LogP contribution is -2.41. The fourth-order valence-corrected chi connectivity index (χ4v) is 2.65. The largest absolute Gasteiger partial charge is 0.492 e. The summed E-state index contributed by atoms with van der Waals surface area (Å²) in [4.78, 5) is 2.58. The van der Waals surface area contributed by atoms with E-state index >= 15 is 0 Å². The minimum absolute atomic E-state index is 0.613. The topological polar surface area (TPSA) is 12.5 Å². The van der Waals surface area contributed by atoms with Gasteiger partial charge in [0.25, 0.3) is 0 Å². The number of para-hydroxylation sites is 1. The molecule has 1 saturated heterocycles. The van der Waals surface area contributed by atoms with Crippen LogP contribution in [-0.2, 0) is 6.42 Å². The van der Waals surface area contributed by atoms with Crippen LogP contribution in [0.25, 0.3) is 0 Å². The van der Waals surface area contributed by atoms with E-state index in [0.717, 1.165) is 18.8 Å². The second kappa shape index (κ2) is 3.86. The van der Waals surface area contributed by atoms with Crippen LogP contribution >= 0.6 is 0 Å². The summed E-state index contributed by atoms with van der Waals surface area (Å²) < 4.78 is 5.81. The Morgan fingerprint density at radius 2 is 1.93 bits per heavy atom. The highest BCUT2D eigenvalue weighted by molar-refractivity contribution is 5.35. The summed E-state index contributed by atoms with van der Waals surface area (Å²) in [5, 5.41) is 0. The molecular formula is C13H17NO.